The summed E-state index contributed by atoms with van der Waals surface area (Å²) in [6.07, 6.45) is 0.826. The van der Waals surface area contributed by atoms with Crippen molar-refractivity contribution in [2.45, 2.75) is 32.1 Å². The van der Waals surface area contributed by atoms with Crippen molar-refractivity contribution in [1.29, 1.82) is 0 Å². The van der Waals surface area contributed by atoms with Gasteiger partial charge in [0, 0.05) is 24.3 Å². The molecule has 0 aliphatic carbocycles. The number of nitrogens with zero attached hydrogens (tertiary/aromatic N) is 1. The van der Waals surface area contributed by atoms with Gasteiger partial charge in [-0.2, -0.15) is 4.31 Å². The molecule has 0 heterocycles. The van der Waals surface area contributed by atoms with Gasteiger partial charge in [-0.1, -0.05) is 32.9 Å². The van der Waals surface area contributed by atoms with E-state index in [1.807, 2.05) is 25.1 Å². The monoisotopic (exact) mass is 378 g/mol. The number of aryl methyl sites for hydroxylation is 1. The first-order valence-corrected chi connectivity index (χ1v) is 9.97. The van der Waals surface area contributed by atoms with E-state index in [1.165, 1.54) is 6.07 Å². The van der Waals surface area contributed by atoms with Gasteiger partial charge in [0.1, 0.15) is 10.7 Å². The van der Waals surface area contributed by atoms with Crippen molar-refractivity contribution < 1.29 is 17.6 Å². The van der Waals surface area contributed by atoms with Crippen LogP contribution in [0.4, 0.5) is 10.1 Å². The molecule has 0 spiro atoms. The van der Waals surface area contributed by atoms with E-state index in [4.69, 9.17) is 0 Å². The highest BCUT2D eigenvalue weighted by molar-refractivity contribution is 7.89. The molecule has 1 N–H and O–H groups in total. The number of rotatable bonds is 7. The van der Waals surface area contributed by atoms with Gasteiger partial charge in [0.05, 0.1) is 0 Å². The van der Waals surface area contributed by atoms with Crippen LogP contribution in [0.1, 0.15) is 36.7 Å². The van der Waals surface area contributed by atoms with Gasteiger partial charge in [-0.05, 0) is 42.3 Å². The molecule has 0 bridgehead atoms. The Kier molecular flexibility index (Phi) is 6.50. The summed E-state index contributed by atoms with van der Waals surface area (Å²) < 4.78 is 40.5. The Hall–Kier alpha value is -2.25. The topological polar surface area (TPSA) is 66.5 Å². The molecular formula is C19H23FN2O3S. The first-order chi connectivity index (χ1) is 12.3. The molecule has 0 atom stereocenters. The van der Waals surface area contributed by atoms with Crippen LogP contribution in [0.3, 0.4) is 0 Å². The molecular weight excluding hydrogens is 355 g/mol. The van der Waals surface area contributed by atoms with Gasteiger partial charge >= 0.3 is 0 Å². The molecule has 2 aromatic rings. The molecule has 0 aromatic heterocycles. The number of sulfonamides is 1. The summed E-state index contributed by atoms with van der Waals surface area (Å²) in [6.45, 7) is 5.80. The molecule has 0 aliphatic heterocycles. The Morgan fingerprint density at radius 2 is 1.77 bits per heavy atom. The minimum absolute atomic E-state index is 0.0824. The Morgan fingerprint density at radius 3 is 2.38 bits per heavy atom. The minimum atomic E-state index is -3.99. The molecule has 7 heteroatoms. The van der Waals surface area contributed by atoms with Gasteiger partial charge in [0.25, 0.3) is 5.91 Å². The molecule has 2 rings (SSSR count). The van der Waals surface area contributed by atoms with Crippen LogP contribution in [0.5, 0.6) is 0 Å². The molecule has 0 fully saturated rings. The maximum Gasteiger partial charge on any atom is 0.255 e. The first-order valence-electron chi connectivity index (χ1n) is 8.53. The third-order valence-corrected chi connectivity index (χ3v) is 6.17. The quantitative estimate of drug-likeness (QED) is 0.799. The summed E-state index contributed by atoms with van der Waals surface area (Å²) in [5, 5.41) is 2.72. The SMILES string of the molecule is CCc1cccc(NC(=O)c2ccc(F)c(S(=O)(=O)N(CC)CC)c2)c1. The summed E-state index contributed by atoms with van der Waals surface area (Å²) in [6, 6.07) is 10.7. The van der Waals surface area contributed by atoms with Crippen molar-refractivity contribution in [2.24, 2.45) is 0 Å². The standard InChI is InChI=1S/C19H23FN2O3S/c1-4-14-8-7-9-16(12-14)21-19(23)15-10-11-17(20)18(13-15)26(24,25)22(5-2)6-3/h7-13H,4-6H2,1-3H3,(H,21,23). The number of carbonyl (C=O) groups is 1. The zero-order valence-corrected chi connectivity index (χ0v) is 15.9. The number of hydrogen-bond donors (Lipinski definition) is 1. The van der Waals surface area contributed by atoms with Crippen LogP contribution in [0.25, 0.3) is 0 Å². The predicted octanol–water partition coefficient (Wildman–Crippen LogP) is 3.67. The minimum Gasteiger partial charge on any atom is -0.322 e. The second-order valence-electron chi connectivity index (χ2n) is 5.74. The predicted molar refractivity (Wildman–Crippen MR) is 100 cm³/mol. The molecule has 0 radical (unpaired) electrons. The van der Waals surface area contributed by atoms with E-state index in [0.29, 0.717) is 5.69 Å². The second-order valence-corrected chi connectivity index (χ2v) is 7.65. The summed E-state index contributed by atoms with van der Waals surface area (Å²) in [7, 11) is -3.99. The normalized spacial score (nSPS) is 11.6. The lowest BCUT2D eigenvalue weighted by molar-refractivity contribution is 0.102. The zero-order chi connectivity index (χ0) is 19.3. The van der Waals surface area contributed by atoms with E-state index in [2.05, 4.69) is 5.32 Å². The van der Waals surface area contributed by atoms with Crippen molar-refractivity contribution in [3.05, 3.63) is 59.4 Å². The Morgan fingerprint density at radius 1 is 1.08 bits per heavy atom. The number of hydrogen-bond acceptors (Lipinski definition) is 3. The van der Waals surface area contributed by atoms with E-state index in [-0.39, 0.29) is 18.7 Å². The average Bonchev–Trinajstić information content (AvgIpc) is 2.62. The van der Waals surface area contributed by atoms with Crippen LogP contribution < -0.4 is 5.32 Å². The van der Waals surface area contributed by atoms with Gasteiger partial charge < -0.3 is 5.32 Å². The number of benzene rings is 2. The van der Waals surface area contributed by atoms with Crippen molar-refractivity contribution in [2.75, 3.05) is 18.4 Å². The van der Waals surface area contributed by atoms with Crippen LogP contribution in [0, 0.1) is 5.82 Å². The van der Waals surface area contributed by atoms with Crippen LogP contribution >= 0.6 is 0 Å². The Bertz CT molecular complexity index is 893. The van der Waals surface area contributed by atoms with Crippen molar-refractivity contribution in [3.63, 3.8) is 0 Å². The number of carbonyl (C=O) groups excluding carboxylic acids is 1. The Balaban J connectivity index is 2.35. The van der Waals surface area contributed by atoms with Gasteiger partial charge in [-0.25, -0.2) is 12.8 Å². The maximum absolute atomic E-state index is 14.1. The lowest BCUT2D eigenvalue weighted by Crippen LogP contribution is -2.31. The van der Waals surface area contributed by atoms with E-state index in [1.54, 1.807) is 19.9 Å². The van der Waals surface area contributed by atoms with E-state index < -0.39 is 26.6 Å². The van der Waals surface area contributed by atoms with Gasteiger partial charge in [-0.15, -0.1) is 0 Å². The number of amides is 1. The fraction of sp³-hybridized carbons (Fsp3) is 0.316. The molecule has 140 valence electrons. The Labute approximate surface area is 153 Å². The van der Waals surface area contributed by atoms with E-state index in [0.717, 1.165) is 28.4 Å². The molecule has 5 nitrogen and oxygen atoms in total. The van der Waals surface area contributed by atoms with Crippen molar-refractivity contribution >= 4 is 21.6 Å². The van der Waals surface area contributed by atoms with Gasteiger partial charge in [0.15, 0.2) is 0 Å². The largest absolute Gasteiger partial charge is 0.322 e. The highest BCUT2D eigenvalue weighted by Gasteiger charge is 2.26. The summed E-state index contributed by atoms with van der Waals surface area (Å²) in [4.78, 5) is 12.0. The summed E-state index contributed by atoms with van der Waals surface area (Å²) in [5.41, 5.74) is 1.75. The molecule has 0 saturated heterocycles. The lowest BCUT2D eigenvalue weighted by atomic mass is 10.1. The summed E-state index contributed by atoms with van der Waals surface area (Å²) >= 11 is 0. The van der Waals surface area contributed by atoms with Crippen LogP contribution in [0.15, 0.2) is 47.4 Å². The second kappa shape index (κ2) is 8.42. The molecule has 0 aliphatic rings. The number of anilines is 1. The fourth-order valence-corrected chi connectivity index (χ4v) is 4.17. The molecule has 0 unspecified atom stereocenters. The number of nitrogens with one attached hydrogen (secondary N) is 1. The van der Waals surface area contributed by atoms with Crippen molar-refractivity contribution in [1.82, 2.24) is 4.31 Å². The number of halogens is 1. The highest BCUT2D eigenvalue weighted by atomic mass is 32.2. The van der Waals surface area contributed by atoms with Crippen LogP contribution in [-0.4, -0.2) is 31.7 Å². The molecule has 1 amide bonds. The third kappa shape index (κ3) is 4.28. The molecule has 26 heavy (non-hydrogen) atoms. The first kappa shape index (κ1) is 20.1. The zero-order valence-electron chi connectivity index (χ0n) is 15.1. The van der Waals surface area contributed by atoms with Gasteiger partial charge in [0.2, 0.25) is 10.0 Å². The van der Waals surface area contributed by atoms with E-state index in [9.17, 15) is 17.6 Å². The van der Waals surface area contributed by atoms with Crippen LogP contribution in [0.2, 0.25) is 0 Å². The molecule has 2 aromatic carbocycles. The maximum atomic E-state index is 14.1. The van der Waals surface area contributed by atoms with Crippen molar-refractivity contribution in [3.8, 4) is 0 Å². The highest BCUT2D eigenvalue weighted by Crippen LogP contribution is 2.22. The molecule has 0 saturated carbocycles. The third-order valence-electron chi connectivity index (χ3n) is 4.11. The average molecular weight is 378 g/mol. The lowest BCUT2D eigenvalue weighted by Gasteiger charge is -2.19. The van der Waals surface area contributed by atoms with Gasteiger partial charge in [-0.3, -0.25) is 4.79 Å². The van der Waals surface area contributed by atoms with E-state index >= 15 is 0 Å². The van der Waals surface area contributed by atoms with Crippen LogP contribution in [-0.2, 0) is 16.4 Å². The smallest absolute Gasteiger partial charge is 0.255 e. The fourth-order valence-electron chi connectivity index (χ4n) is 2.62. The summed E-state index contributed by atoms with van der Waals surface area (Å²) in [5.74, 6) is -1.37.